The molecule has 0 aromatic carbocycles. The van der Waals surface area contributed by atoms with Gasteiger partial charge in [-0.05, 0) is 0 Å². The number of rotatable bonds is 6. The van der Waals surface area contributed by atoms with Crippen LogP contribution in [0.1, 0.15) is 2.85 Å². The zero-order valence-corrected chi connectivity index (χ0v) is 27.8. The number of hydrogen-bond donors (Lipinski definition) is 8. The summed E-state index contributed by atoms with van der Waals surface area (Å²) in [5, 5.41) is 65.1. The molecule has 0 rings (SSSR count). The molecule has 17 heteroatoms. The van der Waals surface area contributed by atoms with Gasteiger partial charge in [-0.2, -0.15) is 0 Å². The number of carboxylic acid groups (broad SMARTS) is 4. The van der Waals surface area contributed by atoms with Crippen LogP contribution in [0.2, 0.25) is 0 Å². The molecule has 0 heterocycles. The van der Waals surface area contributed by atoms with Gasteiger partial charge >= 0.3 is 176 Å². The number of aliphatic carboxylic acids is 4. The van der Waals surface area contributed by atoms with Crippen molar-refractivity contribution in [1.82, 2.24) is 0 Å². The van der Waals surface area contributed by atoms with Gasteiger partial charge in [0.05, 0.1) is 0 Å². The summed E-state index contributed by atoms with van der Waals surface area (Å²) in [6.45, 7) is 0. The van der Waals surface area contributed by atoms with Gasteiger partial charge in [0, 0.05) is 0 Å². The molecule has 0 aromatic rings. The van der Waals surface area contributed by atoms with E-state index in [-0.39, 0.29) is 160 Å². The molecule has 13 nitrogen and oxygen atoms in total. The molecule has 0 fully saturated rings. The van der Waals surface area contributed by atoms with E-state index in [2.05, 4.69) is 0 Å². The summed E-state index contributed by atoms with van der Waals surface area (Å²) in [6, 6.07) is 0. The molecule has 4 unspecified atom stereocenters. The van der Waals surface area contributed by atoms with Gasteiger partial charge in [0.15, 0.2) is 24.4 Å². The van der Waals surface area contributed by atoms with Crippen LogP contribution < -0.4 is 103 Å². The Balaban J connectivity index is -0.0000000272. The Kier molecular flexibility index (Phi) is 45.3. The van der Waals surface area contributed by atoms with Crippen LogP contribution >= 0.6 is 0 Å². The molecule has 10 N–H and O–H groups in total. The predicted molar refractivity (Wildman–Crippen MR) is 80.3 cm³/mol. The van der Waals surface area contributed by atoms with E-state index in [1.165, 1.54) is 0 Å². The van der Waals surface area contributed by atoms with Crippen LogP contribution in [0, 0.1) is 0 Å². The molecule has 0 radical (unpaired) electrons. The Bertz CT molecular complexity index is 335. The Morgan fingerprint density at radius 2 is 0.600 bits per heavy atom. The van der Waals surface area contributed by atoms with Crippen LogP contribution in [-0.4, -0.2) is 143 Å². The summed E-state index contributed by atoms with van der Waals surface area (Å²) in [5.41, 5.74) is 0. The van der Waals surface area contributed by atoms with E-state index in [0.29, 0.717) is 0 Å². The van der Waals surface area contributed by atoms with E-state index in [0.717, 1.165) is 0 Å². The first-order valence-corrected chi connectivity index (χ1v) is 4.57. The first-order chi connectivity index (χ1) is 8.93. The van der Waals surface area contributed by atoms with Crippen molar-refractivity contribution in [3.05, 3.63) is 0 Å². The fraction of sp³-hybridized carbons (Fsp3) is 0.500. The van der Waals surface area contributed by atoms with Crippen molar-refractivity contribution >= 4 is 72.7 Å². The molecule has 4 atom stereocenters. The Morgan fingerprint density at radius 3 is 0.640 bits per heavy atom. The minimum absolute atomic E-state index is 0. The summed E-state index contributed by atoms with van der Waals surface area (Å²) < 4.78 is 0. The minimum atomic E-state index is -2.27. The van der Waals surface area contributed by atoms with Crippen LogP contribution in [0.25, 0.3) is 0 Å². The SMILES string of the molecule is O.O=C(O)C(O)C(O)C(=O)O.O=C(O)C(O)C(O)C(=O)O.[H-].[H-].[K+].[K+].[SbH3].[SbH3]. The first kappa shape index (κ1) is 46.0. The molecular weight excluding hydrogens is 626 g/mol. The van der Waals surface area contributed by atoms with E-state index in [1.54, 1.807) is 0 Å². The standard InChI is InChI=1S/2C4H6O6.2K.H2O.2Sb.8H/c2*5-1(3(7)8)2(6)4(9)10;;;;;;;;;;;;;/h2*1-2,5-6H,(H,7,8)(H,9,10);;;1H2;;;;;;;;;;/q;;2*+1;;;;;;;;;;2*-1. The number of carbonyl (C=O) groups is 4. The molecule has 0 bridgehead atoms. The van der Waals surface area contributed by atoms with Crippen LogP contribution in [0.4, 0.5) is 0 Å². The van der Waals surface area contributed by atoms with Crippen molar-refractivity contribution in [1.29, 1.82) is 0 Å². The summed E-state index contributed by atoms with van der Waals surface area (Å²) in [5.74, 6) is -7.07. The fourth-order valence-electron chi connectivity index (χ4n) is 0.540. The van der Waals surface area contributed by atoms with Crippen LogP contribution in [0.5, 0.6) is 0 Å². The summed E-state index contributed by atoms with van der Waals surface area (Å²) in [6.07, 6.45) is -9.06. The number of carboxylic acids is 4. The summed E-state index contributed by atoms with van der Waals surface area (Å²) in [4.78, 5) is 39.1. The van der Waals surface area contributed by atoms with Crippen LogP contribution in [-0.2, 0) is 19.2 Å². The monoisotopic (exact) mass is 646 g/mol. The van der Waals surface area contributed by atoms with E-state index < -0.39 is 48.3 Å². The molecule has 0 amide bonds. The zero-order chi connectivity index (χ0) is 16.6. The number of hydrogen-bond acceptors (Lipinski definition) is 8. The topological polar surface area (TPSA) is 262 Å². The Labute approximate surface area is 263 Å². The van der Waals surface area contributed by atoms with Gasteiger partial charge in [-0.1, -0.05) is 0 Å². The molecule has 0 spiro atoms. The molecule has 0 aliphatic heterocycles. The van der Waals surface area contributed by atoms with E-state index in [1.807, 2.05) is 0 Å². The summed E-state index contributed by atoms with van der Waals surface area (Å²) in [7, 11) is 0. The van der Waals surface area contributed by atoms with Crippen molar-refractivity contribution in [2.24, 2.45) is 0 Å². The maximum atomic E-state index is 9.77. The molecule has 0 saturated heterocycles. The van der Waals surface area contributed by atoms with E-state index in [4.69, 9.17) is 40.9 Å². The van der Waals surface area contributed by atoms with E-state index in [9.17, 15) is 19.2 Å². The predicted octanol–water partition coefficient (Wildman–Crippen LogP) is -13.2. The van der Waals surface area contributed by atoms with Crippen molar-refractivity contribution in [2.45, 2.75) is 24.4 Å². The first-order valence-electron chi connectivity index (χ1n) is 4.57. The van der Waals surface area contributed by atoms with Crippen molar-refractivity contribution in [3.8, 4) is 0 Å². The quantitative estimate of drug-likeness (QED) is 0.125. The summed E-state index contributed by atoms with van der Waals surface area (Å²) >= 11 is 0. The fourth-order valence-corrected chi connectivity index (χ4v) is 0.540. The van der Waals surface area contributed by atoms with E-state index >= 15 is 0 Å². The molecule has 0 aromatic heterocycles. The van der Waals surface area contributed by atoms with Crippen LogP contribution in [0.15, 0.2) is 0 Å². The second-order valence-electron chi connectivity index (χ2n) is 3.13. The molecular formula is C8H22K2O13Sb2. The normalized spacial score (nSPS) is 12.6. The molecule has 144 valence electrons. The van der Waals surface area contributed by atoms with Crippen molar-refractivity contribution < 1.29 is 171 Å². The van der Waals surface area contributed by atoms with Gasteiger partial charge in [0.1, 0.15) is 0 Å². The van der Waals surface area contributed by atoms with Crippen molar-refractivity contribution in [3.63, 3.8) is 0 Å². The Morgan fingerprint density at radius 1 is 0.520 bits per heavy atom. The van der Waals surface area contributed by atoms with Gasteiger partial charge in [-0.3, -0.25) is 0 Å². The molecule has 0 saturated carbocycles. The third kappa shape index (κ3) is 22.7. The Hall–Kier alpha value is 2.59. The third-order valence-corrected chi connectivity index (χ3v) is 1.61. The molecule has 0 aliphatic rings. The van der Waals surface area contributed by atoms with Crippen LogP contribution in [0.3, 0.4) is 0 Å². The molecule has 0 aliphatic carbocycles. The van der Waals surface area contributed by atoms with Gasteiger partial charge in [-0.15, -0.1) is 0 Å². The average molecular weight is 648 g/mol. The van der Waals surface area contributed by atoms with Gasteiger partial charge in [0.2, 0.25) is 0 Å². The van der Waals surface area contributed by atoms with Gasteiger partial charge in [0.25, 0.3) is 0 Å². The average Bonchev–Trinajstić information content (AvgIpc) is 2.35. The van der Waals surface area contributed by atoms with Gasteiger partial charge in [-0.25, -0.2) is 19.2 Å². The van der Waals surface area contributed by atoms with Crippen molar-refractivity contribution in [2.75, 3.05) is 0 Å². The second kappa shape index (κ2) is 24.6. The van der Waals surface area contributed by atoms with Gasteiger partial charge < -0.3 is 49.2 Å². The maximum absolute atomic E-state index is 9.77. The third-order valence-electron chi connectivity index (χ3n) is 1.61. The molecule has 25 heavy (non-hydrogen) atoms. The second-order valence-corrected chi connectivity index (χ2v) is 3.13. The number of aliphatic hydroxyl groups is 4. The number of aliphatic hydroxyl groups excluding tert-OH is 4. The zero-order valence-electron chi connectivity index (χ0n) is 15.4.